The molecule has 92 valence electrons. The fraction of sp³-hybridized carbons (Fsp3) is 0.133. The Morgan fingerprint density at radius 2 is 1.39 bits per heavy atom. The molecular weight excluding hydrogens is 242 g/mol. The maximum absolute atomic E-state index is 5.47. The first-order valence-corrected chi connectivity index (χ1v) is 6.30. The highest BCUT2D eigenvalue weighted by Crippen LogP contribution is 2.25. The van der Waals surface area contributed by atoms with E-state index in [0.29, 0.717) is 11.8 Å². The van der Waals surface area contributed by atoms with Gasteiger partial charge in [-0.25, -0.2) is 0 Å². The van der Waals surface area contributed by atoms with Crippen molar-refractivity contribution in [3.05, 3.63) is 60.7 Å². The van der Waals surface area contributed by atoms with E-state index in [1.165, 1.54) is 0 Å². The van der Waals surface area contributed by atoms with Gasteiger partial charge in [-0.15, -0.1) is 0 Å². The lowest BCUT2D eigenvalue weighted by Crippen LogP contribution is -2.26. The molecule has 2 aromatic rings. The number of thiocarbonyl (C=S) groups is 1. The molecule has 0 aliphatic rings. The second kappa shape index (κ2) is 6.17. The van der Waals surface area contributed by atoms with Crippen LogP contribution in [0.2, 0.25) is 0 Å². The number of ether oxygens (including phenoxy) is 1. The third-order valence-electron chi connectivity index (χ3n) is 2.48. The van der Waals surface area contributed by atoms with E-state index in [2.05, 4.69) is 0 Å². The number of hydrogen-bond acceptors (Lipinski definition) is 2. The van der Waals surface area contributed by atoms with Gasteiger partial charge in [-0.1, -0.05) is 36.4 Å². The van der Waals surface area contributed by atoms with Crippen LogP contribution in [0, 0.1) is 0 Å². The standard InChI is InChI=1S/C15H15NOS/c1-2-17-15(18)16(13-9-5-3-6-10-13)14-11-7-4-8-12-14/h3-12H,2H2,1H3. The third-order valence-corrected chi connectivity index (χ3v) is 2.78. The maximum atomic E-state index is 5.47. The molecule has 2 aromatic carbocycles. The van der Waals surface area contributed by atoms with Crippen LogP contribution >= 0.6 is 12.2 Å². The summed E-state index contributed by atoms with van der Waals surface area (Å²) in [6.07, 6.45) is 0. The summed E-state index contributed by atoms with van der Waals surface area (Å²) in [6.45, 7) is 2.50. The van der Waals surface area contributed by atoms with E-state index in [1.54, 1.807) is 0 Å². The fourth-order valence-electron chi connectivity index (χ4n) is 1.70. The van der Waals surface area contributed by atoms with Crippen molar-refractivity contribution in [2.45, 2.75) is 6.92 Å². The molecule has 0 radical (unpaired) electrons. The van der Waals surface area contributed by atoms with E-state index in [0.717, 1.165) is 11.4 Å². The Bertz CT molecular complexity index is 459. The van der Waals surface area contributed by atoms with Crippen molar-refractivity contribution in [2.75, 3.05) is 11.5 Å². The number of nitrogens with zero attached hydrogens (tertiary/aromatic N) is 1. The lowest BCUT2D eigenvalue weighted by molar-refractivity contribution is 0.331. The van der Waals surface area contributed by atoms with Gasteiger partial charge in [0.15, 0.2) is 0 Å². The zero-order chi connectivity index (χ0) is 12.8. The molecule has 2 rings (SSSR count). The second-order valence-electron chi connectivity index (χ2n) is 3.71. The quantitative estimate of drug-likeness (QED) is 0.767. The van der Waals surface area contributed by atoms with E-state index in [-0.39, 0.29) is 0 Å². The molecule has 0 atom stereocenters. The number of para-hydroxylation sites is 2. The highest BCUT2D eigenvalue weighted by molar-refractivity contribution is 7.80. The molecule has 0 spiro atoms. The van der Waals surface area contributed by atoms with Crippen LogP contribution in [0.3, 0.4) is 0 Å². The van der Waals surface area contributed by atoms with E-state index < -0.39 is 0 Å². The largest absolute Gasteiger partial charge is 0.471 e. The van der Waals surface area contributed by atoms with Crippen molar-refractivity contribution in [3.8, 4) is 0 Å². The van der Waals surface area contributed by atoms with E-state index in [4.69, 9.17) is 17.0 Å². The first-order chi connectivity index (χ1) is 8.83. The molecule has 0 heterocycles. The van der Waals surface area contributed by atoms with Crippen LogP contribution < -0.4 is 4.90 Å². The van der Waals surface area contributed by atoms with Gasteiger partial charge < -0.3 is 4.74 Å². The van der Waals surface area contributed by atoms with Crippen LogP contribution in [-0.2, 0) is 4.74 Å². The summed E-state index contributed by atoms with van der Waals surface area (Å²) in [6, 6.07) is 20.0. The number of rotatable bonds is 3. The minimum atomic E-state index is 0.468. The van der Waals surface area contributed by atoms with Crippen LogP contribution in [0.5, 0.6) is 0 Å². The SMILES string of the molecule is CCOC(=S)N(c1ccccc1)c1ccccc1. The van der Waals surface area contributed by atoms with Crippen molar-refractivity contribution in [1.29, 1.82) is 0 Å². The Morgan fingerprint density at radius 3 is 1.78 bits per heavy atom. The molecule has 0 bridgehead atoms. The molecule has 0 saturated heterocycles. The van der Waals surface area contributed by atoms with Gasteiger partial charge in [0, 0.05) is 11.4 Å². The van der Waals surface area contributed by atoms with Crippen molar-refractivity contribution < 1.29 is 4.74 Å². The predicted octanol–water partition coefficient (Wildman–Crippen LogP) is 4.15. The van der Waals surface area contributed by atoms with Gasteiger partial charge >= 0.3 is 0 Å². The topological polar surface area (TPSA) is 12.5 Å². The van der Waals surface area contributed by atoms with E-state index >= 15 is 0 Å². The molecule has 18 heavy (non-hydrogen) atoms. The van der Waals surface area contributed by atoms with Crippen LogP contribution in [0.4, 0.5) is 11.4 Å². The van der Waals surface area contributed by atoms with Crippen molar-refractivity contribution in [2.24, 2.45) is 0 Å². The summed E-state index contributed by atoms with van der Waals surface area (Å²) >= 11 is 5.34. The Morgan fingerprint density at radius 1 is 0.944 bits per heavy atom. The van der Waals surface area contributed by atoms with Crippen LogP contribution in [0.25, 0.3) is 0 Å². The second-order valence-corrected chi connectivity index (χ2v) is 4.05. The van der Waals surface area contributed by atoms with Gasteiger partial charge in [0.05, 0.1) is 6.61 Å². The van der Waals surface area contributed by atoms with Crippen LogP contribution in [-0.4, -0.2) is 11.8 Å². The van der Waals surface area contributed by atoms with Gasteiger partial charge in [0.1, 0.15) is 0 Å². The summed E-state index contributed by atoms with van der Waals surface area (Å²) in [5, 5.41) is 0.468. The fourth-order valence-corrected chi connectivity index (χ4v) is 2.03. The van der Waals surface area contributed by atoms with Crippen molar-refractivity contribution >= 4 is 28.8 Å². The average molecular weight is 257 g/mol. The maximum Gasteiger partial charge on any atom is 0.268 e. The van der Waals surface area contributed by atoms with Gasteiger partial charge in [0.2, 0.25) is 0 Å². The molecule has 0 amide bonds. The summed E-state index contributed by atoms with van der Waals surface area (Å²) in [7, 11) is 0. The van der Waals surface area contributed by atoms with Gasteiger partial charge in [0.25, 0.3) is 5.17 Å². The minimum absolute atomic E-state index is 0.468. The molecule has 0 N–H and O–H groups in total. The highest BCUT2D eigenvalue weighted by Gasteiger charge is 2.14. The molecule has 0 unspecified atom stereocenters. The number of hydrogen-bond donors (Lipinski definition) is 0. The summed E-state index contributed by atoms with van der Waals surface area (Å²) in [4.78, 5) is 1.93. The van der Waals surface area contributed by atoms with Gasteiger partial charge in [-0.05, 0) is 43.4 Å². The third kappa shape index (κ3) is 2.87. The normalized spacial score (nSPS) is 9.83. The molecule has 3 heteroatoms. The molecule has 0 aliphatic heterocycles. The molecular formula is C15H15NOS. The Labute approximate surface area is 113 Å². The van der Waals surface area contributed by atoms with Gasteiger partial charge in [-0.2, -0.15) is 0 Å². The molecule has 0 fully saturated rings. The predicted molar refractivity (Wildman–Crippen MR) is 79.2 cm³/mol. The van der Waals surface area contributed by atoms with Crippen LogP contribution in [0.1, 0.15) is 6.92 Å². The Kier molecular flexibility index (Phi) is 4.31. The zero-order valence-corrected chi connectivity index (χ0v) is 11.1. The molecule has 0 saturated carbocycles. The molecule has 0 aromatic heterocycles. The number of benzene rings is 2. The van der Waals surface area contributed by atoms with E-state index in [9.17, 15) is 0 Å². The lowest BCUT2D eigenvalue weighted by atomic mass is 10.2. The first-order valence-electron chi connectivity index (χ1n) is 5.90. The zero-order valence-electron chi connectivity index (χ0n) is 10.2. The summed E-state index contributed by atoms with van der Waals surface area (Å²) in [5.41, 5.74) is 2.00. The Hall–Kier alpha value is -1.87. The van der Waals surface area contributed by atoms with E-state index in [1.807, 2.05) is 72.5 Å². The Balaban J connectivity index is 2.38. The van der Waals surface area contributed by atoms with Crippen LogP contribution in [0.15, 0.2) is 60.7 Å². The minimum Gasteiger partial charge on any atom is -0.471 e. The highest BCUT2D eigenvalue weighted by atomic mass is 32.1. The number of anilines is 2. The summed E-state index contributed by atoms with van der Waals surface area (Å²) in [5.74, 6) is 0. The average Bonchev–Trinajstić information content (AvgIpc) is 2.42. The summed E-state index contributed by atoms with van der Waals surface area (Å²) < 4.78 is 5.47. The monoisotopic (exact) mass is 257 g/mol. The van der Waals surface area contributed by atoms with Gasteiger partial charge in [-0.3, -0.25) is 4.90 Å². The first kappa shape index (κ1) is 12.6. The molecule has 2 nitrogen and oxygen atoms in total. The lowest BCUT2D eigenvalue weighted by Gasteiger charge is -2.24. The molecule has 0 aliphatic carbocycles. The smallest absolute Gasteiger partial charge is 0.268 e. The van der Waals surface area contributed by atoms with Crippen molar-refractivity contribution in [1.82, 2.24) is 0 Å². The van der Waals surface area contributed by atoms with Crippen molar-refractivity contribution in [3.63, 3.8) is 0 Å².